The van der Waals surface area contributed by atoms with Crippen LogP contribution in [0.2, 0.25) is 0 Å². The lowest BCUT2D eigenvalue weighted by Crippen LogP contribution is -2.46. The predicted molar refractivity (Wildman–Crippen MR) is 69.2 cm³/mol. The fraction of sp³-hybridized carbons (Fsp3) is 1.00. The fourth-order valence-corrected chi connectivity index (χ4v) is 3.85. The molecule has 1 atom stereocenters. The van der Waals surface area contributed by atoms with Crippen molar-refractivity contribution in [1.29, 1.82) is 0 Å². The summed E-state index contributed by atoms with van der Waals surface area (Å²) in [7, 11) is 0. The van der Waals surface area contributed by atoms with Gasteiger partial charge in [-0.05, 0) is 64.1 Å². The zero-order valence-corrected chi connectivity index (χ0v) is 10.9. The molecule has 3 saturated heterocycles. The molecule has 0 spiro atoms. The summed E-state index contributed by atoms with van der Waals surface area (Å²) >= 11 is 0. The topological polar surface area (TPSA) is 24.5 Å². The van der Waals surface area contributed by atoms with Crippen LogP contribution in [0.4, 0.5) is 0 Å². The van der Waals surface area contributed by atoms with Crippen molar-refractivity contribution in [3.05, 3.63) is 0 Å². The van der Waals surface area contributed by atoms with E-state index in [0.29, 0.717) is 0 Å². The number of piperidine rings is 1. The van der Waals surface area contributed by atoms with Gasteiger partial charge >= 0.3 is 0 Å². The average molecular weight is 238 g/mol. The van der Waals surface area contributed by atoms with Crippen molar-refractivity contribution < 1.29 is 4.74 Å². The van der Waals surface area contributed by atoms with E-state index in [1.807, 2.05) is 0 Å². The lowest BCUT2D eigenvalue weighted by atomic mass is 9.87. The molecule has 0 saturated carbocycles. The molecule has 3 nitrogen and oxygen atoms in total. The summed E-state index contributed by atoms with van der Waals surface area (Å²) in [6.45, 7) is 5.87. The summed E-state index contributed by atoms with van der Waals surface area (Å²) < 4.78 is 5.46. The Morgan fingerprint density at radius 3 is 2.35 bits per heavy atom. The quantitative estimate of drug-likeness (QED) is 0.791. The first-order chi connectivity index (χ1) is 8.43. The summed E-state index contributed by atoms with van der Waals surface area (Å²) in [5.41, 5.74) is 0. The van der Waals surface area contributed by atoms with Gasteiger partial charge in [-0.3, -0.25) is 0 Å². The minimum atomic E-state index is 0.821. The molecule has 3 heterocycles. The maximum atomic E-state index is 5.46. The Bertz CT molecular complexity index is 226. The van der Waals surface area contributed by atoms with Gasteiger partial charge in [-0.2, -0.15) is 0 Å². The minimum absolute atomic E-state index is 0.821. The van der Waals surface area contributed by atoms with E-state index in [4.69, 9.17) is 4.74 Å². The van der Waals surface area contributed by atoms with Gasteiger partial charge in [-0.25, -0.2) is 0 Å². The molecule has 0 bridgehead atoms. The highest BCUT2D eigenvalue weighted by atomic mass is 16.5. The molecule has 3 rings (SSSR count). The summed E-state index contributed by atoms with van der Waals surface area (Å²) in [6.07, 6.45) is 8.15. The number of ether oxygens (including phenoxy) is 1. The van der Waals surface area contributed by atoms with Gasteiger partial charge in [0.05, 0.1) is 0 Å². The van der Waals surface area contributed by atoms with Gasteiger partial charge < -0.3 is 15.0 Å². The second-order valence-electron chi connectivity index (χ2n) is 5.92. The third kappa shape index (κ3) is 2.83. The van der Waals surface area contributed by atoms with Crippen molar-refractivity contribution in [2.24, 2.45) is 5.92 Å². The zero-order chi connectivity index (χ0) is 11.5. The first-order valence-electron chi connectivity index (χ1n) is 7.48. The summed E-state index contributed by atoms with van der Waals surface area (Å²) in [6, 6.07) is 1.66. The van der Waals surface area contributed by atoms with Crippen LogP contribution in [0.1, 0.15) is 38.5 Å². The molecule has 98 valence electrons. The molecule has 0 aromatic carbocycles. The van der Waals surface area contributed by atoms with Gasteiger partial charge in [-0.15, -0.1) is 0 Å². The molecule has 3 fully saturated rings. The van der Waals surface area contributed by atoms with Gasteiger partial charge in [-0.1, -0.05) is 0 Å². The van der Waals surface area contributed by atoms with E-state index in [9.17, 15) is 0 Å². The first-order valence-corrected chi connectivity index (χ1v) is 7.48. The first kappa shape index (κ1) is 11.9. The number of nitrogens with zero attached hydrogens (tertiary/aromatic N) is 1. The van der Waals surface area contributed by atoms with Crippen LogP contribution >= 0.6 is 0 Å². The highest BCUT2D eigenvalue weighted by Gasteiger charge is 2.31. The van der Waals surface area contributed by atoms with E-state index >= 15 is 0 Å². The maximum Gasteiger partial charge on any atom is 0.0480 e. The van der Waals surface area contributed by atoms with Crippen LogP contribution in [0, 0.1) is 5.92 Å². The van der Waals surface area contributed by atoms with E-state index in [1.54, 1.807) is 0 Å². The smallest absolute Gasteiger partial charge is 0.0480 e. The molecule has 0 amide bonds. The molecule has 1 N–H and O–H groups in total. The molecular formula is C14H26N2O. The van der Waals surface area contributed by atoms with Gasteiger partial charge in [0, 0.05) is 25.3 Å². The van der Waals surface area contributed by atoms with E-state index in [-0.39, 0.29) is 0 Å². The SMILES string of the molecule is C1CNC(C2CCN(C3CCOCC3)CC2)C1. The third-order valence-electron chi connectivity index (χ3n) is 4.95. The highest BCUT2D eigenvalue weighted by Crippen LogP contribution is 2.28. The summed E-state index contributed by atoms with van der Waals surface area (Å²) in [4.78, 5) is 2.73. The molecule has 1 unspecified atom stereocenters. The standard InChI is InChI=1S/C14H26N2O/c1-2-14(15-7-1)12-3-8-16(9-4-12)13-5-10-17-11-6-13/h12-15H,1-11H2. The molecular weight excluding hydrogens is 212 g/mol. The van der Waals surface area contributed by atoms with E-state index in [2.05, 4.69) is 10.2 Å². The fourth-order valence-electron chi connectivity index (χ4n) is 3.85. The summed E-state index contributed by atoms with van der Waals surface area (Å²) in [5, 5.41) is 3.68. The molecule has 0 aromatic heterocycles. The van der Waals surface area contributed by atoms with Crippen LogP contribution in [0.25, 0.3) is 0 Å². The highest BCUT2D eigenvalue weighted by molar-refractivity contribution is 4.87. The Morgan fingerprint density at radius 2 is 1.71 bits per heavy atom. The lowest BCUT2D eigenvalue weighted by Gasteiger charge is -2.40. The maximum absolute atomic E-state index is 5.46. The van der Waals surface area contributed by atoms with Crippen molar-refractivity contribution in [1.82, 2.24) is 10.2 Å². The number of likely N-dealkylation sites (tertiary alicyclic amines) is 1. The van der Waals surface area contributed by atoms with Gasteiger partial charge in [0.2, 0.25) is 0 Å². The molecule has 3 heteroatoms. The van der Waals surface area contributed by atoms with E-state index < -0.39 is 0 Å². The minimum Gasteiger partial charge on any atom is -0.381 e. The van der Waals surface area contributed by atoms with Gasteiger partial charge in [0.15, 0.2) is 0 Å². The van der Waals surface area contributed by atoms with Gasteiger partial charge in [0.1, 0.15) is 0 Å². The Morgan fingerprint density at radius 1 is 0.941 bits per heavy atom. The van der Waals surface area contributed by atoms with Crippen molar-refractivity contribution in [3.8, 4) is 0 Å². The molecule has 17 heavy (non-hydrogen) atoms. The largest absolute Gasteiger partial charge is 0.381 e. The molecule has 3 aliphatic rings. The van der Waals surface area contributed by atoms with Crippen LogP contribution in [0.5, 0.6) is 0 Å². The number of hydrogen-bond acceptors (Lipinski definition) is 3. The lowest BCUT2D eigenvalue weighted by molar-refractivity contribution is 0.0188. The van der Waals surface area contributed by atoms with Crippen LogP contribution in [-0.4, -0.2) is 49.8 Å². The van der Waals surface area contributed by atoms with Crippen LogP contribution < -0.4 is 5.32 Å². The average Bonchev–Trinajstić information content (AvgIpc) is 2.94. The van der Waals surface area contributed by atoms with Crippen molar-refractivity contribution in [2.75, 3.05) is 32.8 Å². The van der Waals surface area contributed by atoms with E-state index in [1.165, 1.54) is 58.2 Å². The van der Waals surface area contributed by atoms with Crippen molar-refractivity contribution in [2.45, 2.75) is 50.6 Å². The molecule has 0 radical (unpaired) electrons. The Kier molecular flexibility index (Phi) is 3.99. The van der Waals surface area contributed by atoms with Crippen molar-refractivity contribution in [3.63, 3.8) is 0 Å². The summed E-state index contributed by atoms with van der Waals surface area (Å²) in [5.74, 6) is 0.952. The second-order valence-corrected chi connectivity index (χ2v) is 5.92. The van der Waals surface area contributed by atoms with Crippen LogP contribution in [0.15, 0.2) is 0 Å². The third-order valence-corrected chi connectivity index (χ3v) is 4.95. The number of nitrogens with one attached hydrogen (secondary N) is 1. The normalized spacial score (nSPS) is 34.2. The van der Waals surface area contributed by atoms with Crippen LogP contribution in [-0.2, 0) is 4.74 Å². The molecule has 0 aromatic rings. The van der Waals surface area contributed by atoms with Crippen LogP contribution in [0.3, 0.4) is 0 Å². The number of hydrogen-bond donors (Lipinski definition) is 1. The Labute approximate surface area is 105 Å². The zero-order valence-electron chi connectivity index (χ0n) is 10.9. The number of rotatable bonds is 2. The molecule has 3 aliphatic heterocycles. The molecule has 0 aliphatic carbocycles. The Hall–Kier alpha value is -0.120. The van der Waals surface area contributed by atoms with E-state index in [0.717, 1.165) is 31.2 Å². The Balaban J connectivity index is 1.46. The van der Waals surface area contributed by atoms with Crippen molar-refractivity contribution >= 4 is 0 Å². The second kappa shape index (κ2) is 5.68. The monoisotopic (exact) mass is 238 g/mol. The van der Waals surface area contributed by atoms with Gasteiger partial charge in [0.25, 0.3) is 0 Å². The predicted octanol–water partition coefficient (Wildman–Crippen LogP) is 1.63.